The molecule has 0 spiro atoms. The Hall–Kier alpha value is -2.39. The minimum atomic E-state index is -0.546. The third-order valence-corrected chi connectivity index (χ3v) is 4.73. The second-order valence-electron chi connectivity index (χ2n) is 6.49. The van der Waals surface area contributed by atoms with Crippen LogP contribution in [-0.4, -0.2) is 11.7 Å². The molecule has 0 saturated heterocycles. The van der Waals surface area contributed by atoms with Crippen LogP contribution in [0.4, 0.5) is 0 Å². The van der Waals surface area contributed by atoms with Crippen molar-refractivity contribution in [2.24, 2.45) is 0 Å². The van der Waals surface area contributed by atoms with Crippen molar-refractivity contribution < 1.29 is 5.11 Å². The summed E-state index contributed by atoms with van der Waals surface area (Å²) in [5, 5.41) is 14.7. The molecule has 0 saturated carbocycles. The first-order chi connectivity index (χ1) is 13.2. The maximum absolute atomic E-state index is 10.5. The Kier molecular flexibility index (Phi) is 7.23. The SMILES string of the molecule is OC(C/C=C(\CNCc1ccccc1)c1ccccc1)c1ccc(Cl)cc1. The molecule has 138 valence electrons. The van der Waals surface area contributed by atoms with Crippen LogP contribution in [0.5, 0.6) is 0 Å². The number of hydrogen-bond donors (Lipinski definition) is 2. The van der Waals surface area contributed by atoms with Gasteiger partial charge in [0.1, 0.15) is 0 Å². The van der Waals surface area contributed by atoms with Crippen molar-refractivity contribution in [1.82, 2.24) is 5.32 Å². The molecule has 0 radical (unpaired) electrons. The molecule has 1 atom stereocenters. The molecular weight excluding hydrogens is 354 g/mol. The number of nitrogens with one attached hydrogen (secondary N) is 1. The quantitative estimate of drug-likeness (QED) is 0.532. The number of aliphatic hydroxyl groups excluding tert-OH is 1. The van der Waals surface area contributed by atoms with E-state index in [2.05, 4.69) is 35.7 Å². The first-order valence-corrected chi connectivity index (χ1v) is 9.53. The molecule has 2 nitrogen and oxygen atoms in total. The van der Waals surface area contributed by atoms with Gasteiger partial charge in [-0.2, -0.15) is 0 Å². The van der Waals surface area contributed by atoms with Gasteiger partial charge in [0.2, 0.25) is 0 Å². The first-order valence-electron chi connectivity index (χ1n) is 9.15. The van der Waals surface area contributed by atoms with Crippen LogP contribution in [0.15, 0.2) is 91.0 Å². The molecule has 0 aromatic heterocycles. The van der Waals surface area contributed by atoms with Crippen LogP contribution in [-0.2, 0) is 6.54 Å². The van der Waals surface area contributed by atoms with Gasteiger partial charge in [0.25, 0.3) is 0 Å². The van der Waals surface area contributed by atoms with E-state index < -0.39 is 6.10 Å². The fourth-order valence-corrected chi connectivity index (χ4v) is 3.08. The van der Waals surface area contributed by atoms with Gasteiger partial charge in [-0.1, -0.05) is 90.5 Å². The molecule has 0 amide bonds. The Morgan fingerprint density at radius 3 is 2.19 bits per heavy atom. The summed E-state index contributed by atoms with van der Waals surface area (Å²) < 4.78 is 0. The second kappa shape index (κ2) is 10.1. The summed E-state index contributed by atoms with van der Waals surface area (Å²) in [4.78, 5) is 0. The van der Waals surface area contributed by atoms with E-state index in [1.165, 1.54) is 16.7 Å². The van der Waals surface area contributed by atoms with E-state index in [1.54, 1.807) is 0 Å². The third-order valence-electron chi connectivity index (χ3n) is 4.47. The van der Waals surface area contributed by atoms with Gasteiger partial charge < -0.3 is 10.4 Å². The zero-order valence-electron chi connectivity index (χ0n) is 15.2. The minimum Gasteiger partial charge on any atom is -0.388 e. The van der Waals surface area contributed by atoms with E-state index in [-0.39, 0.29) is 0 Å². The molecule has 2 N–H and O–H groups in total. The van der Waals surface area contributed by atoms with Crippen molar-refractivity contribution in [2.75, 3.05) is 6.54 Å². The van der Waals surface area contributed by atoms with Crippen LogP contribution in [0, 0.1) is 0 Å². The molecule has 3 heteroatoms. The van der Waals surface area contributed by atoms with E-state index in [0.29, 0.717) is 11.4 Å². The fourth-order valence-electron chi connectivity index (χ4n) is 2.96. The van der Waals surface area contributed by atoms with Gasteiger partial charge in [-0.25, -0.2) is 0 Å². The van der Waals surface area contributed by atoms with Crippen LogP contribution in [0.1, 0.15) is 29.2 Å². The van der Waals surface area contributed by atoms with Gasteiger partial charge in [0, 0.05) is 18.1 Å². The zero-order valence-corrected chi connectivity index (χ0v) is 15.9. The van der Waals surface area contributed by atoms with E-state index in [0.717, 1.165) is 18.7 Å². The number of hydrogen-bond acceptors (Lipinski definition) is 2. The lowest BCUT2D eigenvalue weighted by Crippen LogP contribution is -2.16. The van der Waals surface area contributed by atoms with E-state index >= 15 is 0 Å². The Morgan fingerprint density at radius 1 is 0.889 bits per heavy atom. The highest BCUT2D eigenvalue weighted by Gasteiger charge is 2.08. The van der Waals surface area contributed by atoms with E-state index in [9.17, 15) is 5.11 Å². The smallest absolute Gasteiger partial charge is 0.0824 e. The summed E-state index contributed by atoms with van der Waals surface area (Å²) in [6, 6.07) is 28.0. The van der Waals surface area contributed by atoms with Gasteiger partial charge >= 0.3 is 0 Å². The number of rotatable bonds is 8. The topological polar surface area (TPSA) is 32.3 Å². The van der Waals surface area contributed by atoms with Crippen molar-refractivity contribution in [3.63, 3.8) is 0 Å². The molecule has 0 heterocycles. The number of aliphatic hydroxyl groups is 1. The first kappa shape index (κ1) is 19.4. The van der Waals surface area contributed by atoms with Crippen LogP contribution in [0.2, 0.25) is 5.02 Å². The average molecular weight is 378 g/mol. The Bertz CT molecular complexity index is 845. The summed E-state index contributed by atoms with van der Waals surface area (Å²) in [6.45, 7) is 1.55. The van der Waals surface area contributed by atoms with Crippen molar-refractivity contribution in [3.05, 3.63) is 113 Å². The Labute approximate surface area is 166 Å². The van der Waals surface area contributed by atoms with E-state index in [4.69, 9.17) is 11.6 Å². The maximum atomic E-state index is 10.5. The monoisotopic (exact) mass is 377 g/mol. The molecule has 0 aliphatic carbocycles. The molecule has 27 heavy (non-hydrogen) atoms. The molecule has 3 aromatic carbocycles. The van der Waals surface area contributed by atoms with Crippen molar-refractivity contribution in [3.8, 4) is 0 Å². The van der Waals surface area contributed by atoms with Crippen LogP contribution in [0.25, 0.3) is 5.57 Å². The largest absolute Gasteiger partial charge is 0.388 e. The number of benzene rings is 3. The van der Waals surface area contributed by atoms with Gasteiger partial charge in [0.15, 0.2) is 0 Å². The lowest BCUT2D eigenvalue weighted by molar-refractivity contribution is 0.181. The highest BCUT2D eigenvalue weighted by molar-refractivity contribution is 6.30. The Morgan fingerprint density at radius 2 is 1.52 bits per heavy atom. The van der Waals surface area contributed by atoms with Crippen LogP contribution >= 0.6 is 11.6 Å². The van der Waals surface area contributed by atoms with Gasteiger partial charge in [-0.05, 0) is 40.8 Å². The summed E-state index contributed by atoms with van der Waals surface area (Å²) in [7, 11) is 0. The third kappa shape index (κ3) is 6.07. The summed E-state index contributed by atoms with van der Waals surface area (Å²) in [6.07, 6.45) is 2.13. The molecule has 0 aliphatic rings. The van der Waals surface area contributed by atoms with Crippen molar-refractivity contribution in [1.29, 1.82) is 0 Å². The van der Waals surface area contributed by atoms with Gasteiger partial charge in [-0.15, -0.1) is 0 Å². The lowest BCUT2D eigenvalue weighted by atomic mass is 10.0. The second-order valence-corrected chi connectivity index (χ2v) is 6.92. The summed E-state index contributed by atoms with van der Waals surface area (Å²) >= 11 is 5.93. The average Bonchev–Trinajstić information content (AvgIpc) is 2.72. The van der Waals surface area contributed by atoms with E-state index in [1.807, 2.05) is 60.7 Å². The standard InChI is InChI=1S/C24H24ClNO/c25-23-14-11-21(12-15-23)24(27)16-13-22(20-9-5-2-6-10-20)18-26-17-19-7-3-1-4-8-19/h1-15,24,26-27H,16-18H2/b22-13+. The summed E-state index contributed by atoms with van der Waals surface area (Å²) in [5.41, 5.74) is 4.48. The predicted molar refractivity (Wildman–Crippen MR) is 114 cm³/mol. The highest BCUT2D eigenvalue weighted by Crippen LogP contribution is 2.22. The summed E-state index contributed by atoms with van der Waals surface area (Å²) in [5.74, 6) is 0. The molecule has 1 unspecified atom stereocenters. The normalized spacial score (nSPS) is 12.7. The molecule has 0 bridgehead atoms. The van der Waals surface area contributed by atoms with Crippen LogP contribution < -0.4 is 5.32 Å². The highest BCUT2D eigenvalue weighted by atomic mass is 35.5. The van der Waals surface area contributed by atoms with Crippen molar-refractivity contribution >= 4 is 17.2 Å². The van der Waals surface area contributed by atoms with Gasteiger partial charge in [-0.3, -0.25) is 0 Å². The molecule has 3 aromatic rings. The zero-order chi connectivity index (χ0) is 18.9. The number of halogens is 1. The molecular formula is C24H24ClNO. The predicted octanol–water partition coefficient (Wildman–Crippen LogP) is 5.64. The van der Waals surface area contributed by atoms with Crippen molar-refractivity contribution in [2.45, 2.75) is 19.1 Å². The Balaban J connectivity index is 1.67. The van der Waals surface area contributed by atoms with Crippen LogP contribution in [0.3, 0.4) is 0 Å². The molecule has 3 rings (SSSR count). The maximum Gasteiger partial charge on any atom is 0.0824 e. The minimum absolute atomic E-state index is 0.546. The molecule has 0 aliphatic heterocycles. The fraction of sp³-hybridized carbons (Fsp3) is 0.167. The lowest BCUT2D eigenvalue weighted by Gasteiger charge is -2.13. The van der Waals surface area contributed by atoms with Gasteiger partial charge in [0.05, 0.1) is 6.10 Å². The molecule has 0 fully saturated rings.